The molecule has 0 spiro atoms. The van der Waals surface area contributed by atoms with E-state index in [1.54, 1.807) is 25.1 Å². The van der Waals surface area contributed by atoms with Crippen LogP contribution in [0, 0.1) is 0 Å². The zero-order chi connectivity index (χ0) is 27.6. The maximum absolute atomic E-state index is 12.5. The maximum atomic E-state index is 12.5. The van der Waals surface area contributed by atoms with Gasteiger partial charge in [-0.1, -0.05) is 68.3 Å². The van der Waals surface area contributed by atoms with E-state index in [-0.39, 0.29) is 18.0 Å². The molecular weight excluding hydrogens is 540 g/mol. The highest BCUT2D eigenvalue weighted by Gasteiger charge is 2.21. The smallest absolute Gasteiger partial charge is 0.268 e. The summed E-state index contributed by atoms with van der Waals surface area (Å²) in [5, 5.41) is 13.7. The lowest BCUT2D eigenvalue weighted by atomic mass is 10.0. The van der Waals surface area contributed by atoms with Gasteiger partial charge in [0.1, 0.15) is 23.8 Å². The van der Waals surface area contributed by atoms with E-state index in [4.69, 9.17) is 9.47 Å². The highest BCUT2D eigenvalue weighted by atomic mass is 35.5. The molecule has 1 amide bonds. The van der Waals surface area contributed by atoms with Crippen molar-refractivity contribution in [2.75, 3.05) is 26.0 Å². The fourth-order valence-electron chi connectivity index (χ4n) is 3.84. The van der Waals surface area contributed by atoms with Crippen molar-refractivity contribution in [3.05, 3.63) is 83.9 Å². The monoisotopic (exact) mass is 576 g/mol. The Hall–Kier alpha value is -3.11. The number of carbonyl (C=O) groups is 1. The summed E-state index contributed by atoms with van der Waals surface area (Å²) in [5.74, 6) is 0.278. The number of halogens is 1. The van der Waals surface area contributed by atoms with E-state index in [1.807, 2.05) is 59.3 Å². The number of ether oxygens (including phenoxy) is 2. The molecule has 0 radical (unpaired) electrons. The summed E-state index contributed by atoms with van der Waals surface area (Å²) in [5.41, 5.74) is 1.48. The Labute approximate surface area is 237 Å². The van der Waals surface area contributed by atoms with Gasteiger partial charge in [-0.15, -0.1) is 12.4 Å². The van der Waals surface area contributed by atoms with Gasteiger partial charge in [-0.25, -0.2) is 13.1 Å². The van der Waals surface area contributed by atoms with Gasteiger partial charge in [0.2, 0.25) is 10.0 Å². The number of aliphatic hydroxyl groups is 1. The average molecular weight is 577 g/mol. The second kappa shape index (κ2) is 14.9. The number of hydrogen-bond acceptors (Lipinski definition) is 7. The van der Waals surface area contributed by atoms with Crippen LogP contribution in [-0.2, 0) is 15.7 Å². The topological polar surface area (TPSA) is 114 Å². The molecule has 3 aromatic rings. The van der Waals surface area contributed by atoms with Crippen molar-refractivity contribution in [2.24, 2.45) is 0 Å². The minimum Gasteiger partial charge on any atom is -0.493 e. The fourth-order valence-corrected chi connectivity index (χ4v) is 4.28. The third-order valence-electron chi connectivity index (χ3n) is 5.87. The van der Waals surface area contributed by atoms with Gasteiger partial charge >= 0.3 is 0 Å². The molecule has 0 aliphatic carbocycles. The number of amides is 1. The van der Waals surface area contributed by atoms with Crippen LogP contribution in [0.4, 0.5) is 0 Å². The van der Waals surface area contributed by atoms with Crippen LogP contribution in [0.2, 0.25) is 0 Å². The van der Waals surface area contributed by atoms with Crippen molar-refractivity contribution in [3.8, 4) is 22.6 Å². The first-order chi connectivity index (χ1) is 18.1. The highest BCUT2D eigenvalue weighted by molar-refractivity contribution is 7.89. The maximum Gasteiger partial charge on any atom is 0.268 e. The van der Waals surface area contributed by atoms with Gasteiger partial charge in [0.05, 0.1) is 18.4 Å². The number of unbranched alkanes of at least 4 members (excludes halogenated alkanes) is 2. The number of benzene rings is 3. The fraction of sp³-hybridized carbons (Fsp3) is 0.345. The third-order valence-corrected chi connectivity index (χ3v) is 6.43. The Balaban J connectivity index is 0.00000533. The van der Waals surface area contributed by atoms with Crippen LogP contribution in [0.1, 0.15) is 49.0 Å². The Morgan fingerprint density at radius 1 is 0.923 bits per heavy atom. The average Bonchev–Trinajstić information content (AvgIpc) is 2.89. The van der Waals surface area contributed by atoms with Crippen molar-refractivity contribution in [2.45, 2.75) is 38.8 Å². The molecule has 0 aromatic heterocycles. The molecule has 0 saturated carbocycles. The molecule has 10 heteroatoms. The van der Waals surface area contributed by atoms with E-state index < -0.39 is 21.7 Å². The van der Waals surface area contributed by atoms with Crippen LogP contribution in [0.15, 0.2) is 72.8 Å². The molecule has 0 fully saturated rings. The zero-order valence-electron chi connectivity index (χ0n) is 22.5. The predicted octanol–water partition coefficient (Wildman–Crippen LogP) is 4.87. The van der Waals surface area contributed by atoms with E-state index in [9.17, 15) is 18.3 Å². The molecule has 0 aliphatic heterocycles. The largest absolute Gasteiger partial charge is 0.493 e. The van der Waals surface area contributed by atoms with E-state index in [1.165, 1.54) is 0 Å². The Bertz CT molecular complexity index is 1300. The van der Waals surface area contributed by atoms with Crippen molar-refractivity contribution >= 4 is 28.3 Å². The molecule has 39 heavy (non-hydrogen) atoms. The van der Waals surface area contributed by atoms with Crippen LogP contribution in [-0.4, -0.2) is 45.4 Å². The van der Waals surface area contributed by atoms with Gasteiger partial charge in [-0.2, -0.15) is 0 Å². The predicted molar refractivity (Wildman–Crippen MR) is 156 cm³/mol. The van der Waals surface area contributed by atoms with Crippen molar-refractivity contribution in [3.63, 3.8) is 0 Å². The lowest BCUT2D eigenvalue weighted by Crippen LogP contribution is -2.41. The SMILES string of the molecule is CCCCCOc1cc(-c2ccc(OCCN[C@@](C)(O)c3ccccc3)cc2)ccc1C(=O)NS(C)(=O)=O.Cl. The van der Waals surface area contributed by atoms with Gasteiger partial charge < -0.3 is 14.6 Å². The van der Waals surface area contributed by atoms with Crippen LogP contribution in [0.3, 0.4) is 0 Å². The number of rotatable bonds is 14. The highest BCUT2D eigenvalue weighted by Crippen LogP contribution is 2.29. The molecule has 0 heterocycles. The molecule has 3 N–H and O–H groups in total. The van der Waals surface area contributed by atoms with Crippen LogP contribution in [0.25, 0.3) is 11.1 Å². The van der Waals surface area contributed by atoms with Gasteiger partial charge in [0, 0.05) is 6.54 Å². The van der Waals surface area contributed by atoms with Crippen LogP contribution in [0.5, 0.6) is 11.5 Å². The molecule has 0 unspecified atom stereocenters. The van der Waals surface area contributed by atoms with E-state index >= 15 is 0 Å². The Morgan fingerprint density at radius 3 is 2.23 bits per heavy atom. The standard InChI is InChI=1S/C29H36N2O6S.ClH/c1-4-5-9-19-37-27-21-23(14-17-26(27)28(32)31-38(3,34)35)22-12-15-25(16-13-22)36-20-18-30-29(2,33)24-10-7-6-8-11-24;/h6-8,10-17,21,30,33H,4-5,9,18-20H2,1-3H3,(H,31,32);1H/t29-;/m0./s1. The van der Waals surface area contributed by atoms with Gasteiger partial charge in [0.15, 0.2) is 0 Å². The lowest BCUT2D eigenvalue weighted by molar-refractivity contribution is 0.0169. The quantitative estimate of drug-likeness (QED) is 0.185. The van der Waals surface area contributed by atoms with E-state index in [0.717, 1.165) is 42.2 Å². The van der Waals surface area contributed by atoms with Crippen molar-refractivity contribution in [1.82, 2.24) is 10.0 Å². The molecule has 0 bridgehead atoms. The number of sulfonamides is 1. The molecule has 1 atom stereocenters. The molecule has 3 rings (SSSR count). The molecule has 212 valence electrons. The summed E-state index contributed by atoms with van der Waals surface area (Å²) in [6, 6.07) is 21.9. The van der Waals surface area contributed by atoms with Crippen LogP contribution < -0.4 is 19.5 Å². The summed E-state index contributed by atoms with van der Waals surface area (Å²) in [4.78, 5) is 12.5. The second-order valence-electron chi connectivity index (χ2n) is 9.21. The zero-order valence-corrected chi connectivity index (χ0v) is 24.1. The molecule has 0 saturated heterocycles. The number of nitrogens with one attached hydrogen (secondary N) is 2. The Kier molecular flexibility index (Phi) is 12.3. The minimum absolute atomic E-state index is 0. The van der Waals surface area contributed by atoms with Crippen molar-refractivity contribution in [1.29, 1.82) is 0 Å². The third kappa shape index (κ3) is 10.2. The number of hydrogen-bond donors (Lipinski definition) is 3. The van der Waals surface area contributed by atoms with E-state index in [0.29, 0.717) is 31.3 Å². The van der Waals surface area contributed by atoms with Crippen LogP contribution >= 0.6 is 12.4 Å². The molecule has 0 aliphatic rings. The van der Waals surface area contributed by atoms with Gasteiger partial charge in [0.25, 0.3) is 5.91 Å². The van der Waals surface area contributed by atoms with Gasteiger partial charge in [-0.3, -0.25) is 10.1 Å². The van der Waals surface area contributed by atoms with E-state index in [2.05, 4.69) is 12.2 Å². The first-order valence-electron chi connectivity index (χ1n) is 12.6. The summed E-state index contributed by atoms with van der Waals surface area (Å²) >= 11 is 0. The second-order valence-corrected chi connectivity index (χ2v) is 11.0. The van der Waals surface area contributed by atoms with Crippen molar-refractivity contribution < 1.29 is 27.8 Å². The number of carbonyl (C=O) groups excluding carboxylic acids is 1. The summed E-state index contributed by atoms with van der Waals surface area (Å²) in [7, 11) is -3.70. The molecule has 3 aromatic carbocycles. The first-order valence-corrected chi connectivity index (χ1v) is 14.5. The van der Waals surface area contributed by atoms with Gasteiger partial charge in [-0.05, 0) is 54.3 Å². The normalized spacial score (nSPS) is 12.6. The molecule has 8 nitrogen and oxygen atoms in total. The summed E-state index contributed by atoms with van der Waals surface area (Å²) in [6.07, 6.45) is 3.79. The Morgan fingerprint density at radius 2 is 1.59 bits per heavy atom. The lowest BCUT2D eigenvalue weighted by Gasteiger charge is -2.25. The first kappa shape index (κ1) is 32.1. The summed E-state index contributed by atoms with van der Waals surface area (Å²) in [6.45, 7) is 5.02. The molecular formula is C29H37ClN2O6S. The summed E-state index contributed by atoms with van der Waals surface area (Å²) < 4.78 is 36.8. The minimum atomic E-state index is -3.70.